The van der Waals surface area contributed by atoms with Crippen molar-refractivity contribution in [1.29, 1.82) is 0 Å². The molecule has 0 unspecified atom stereocenters. The van der Waals surface area contributed by atoms with E-state index < -0.39 is 12.0 Å². The Labute approximate surface area is 259 Å². The minimum absolute atomic E-state index is 0.106. The van der Waals surface area contributed by atoms with Gasteiger partial charge in [-0.3, -0.25) is 14.5 Å². The maximum Gasteiger partial charge on any atom is 0.311 e. The summed E-state index contributed by atoms with van der Waals surface area (Å²) < 4.78 is 27.8. The van der Waals surface area contributed by atoms with Crippen molar-refractivity contribution < 1.29 is 33.3 Å². The van der Waals surface area contributed by atoms with Crippen molar-refractivity contribution in [3.8, 4) is 17.2 Å². The summed E-state index contributed by atoms with van der Waals surface area (Å²) in [5.74, 6) is 0.811. The molecule has 2 heterocycles. The van der Waals surface area contributed by atoms with Crippen molar-refractivity contribution in [2.75, 3.05) is 52.1 Å². The molecular formula is C35H42N2O7. The number of rotatable bonds is 13. The number of carbonyl (C=O) groups excluding carboxylic acids is 2. The monoisotopic (exact) mass is 602 g/mol. The van der Waals surface area contributed by atoms with Gasteiger partial charge in [0, 0.05) is 31.3 Å². The van der Waals surface area contributed by atoms with Gasteiger partial charge in [-0.1, -0.05) is 50.2 Å². The van der Waals surface area contributed by atoms with Gasteiger partial charge in [0.2, 0.25) is 12.7 Å². The second-order valence-corrected chi connectivity index (χ2v) is 11.0. The quantitative estimate of drug-likeness (QED) is 0.202. The number of hydrogen-bond donors (Lipinski definition) is 1. The molecule has 0 saturated carbocycles. The Bertz CT molecular complexity index is 1420. The first kappa shape index (κ1) is 31.3. The first-order chi connectivity index (χ1) is 21.5. The molecule has 0 aromatic heterocycles. The number of methoxy groups -OCH3 is 1. The molecule has 1 fully saturated rings. The van der Waals surface area contributed by atoms with Gasteiger partial charge in [-0.25, -0.2) is 0 Å². The summed E-state index contributed by atoms with van der Waals surface area (Å²) in [5.41, 5.74) is 4.92. The fourth-order valence-electron chi connectivity index (χ4n) is 6.27. The third-order valence-electron chi connectivity index (χ3n) is 8.37. The van der Waals surface area contributed by atoms with Gasteiger partial charge in [-0.2, -0.15) is 0 Å². The van der Waals surface area contributed by atoms with Crippen LogP contribution in [0.4, 0.5) is 5.69 Å². The predicted molar refractivity (Wildman–Crippen MR) is 167 cm³/mol. The number of nitrogens with one attached hydrogen (secondary N) is 1. The van der Waals surface area contributed by atoms with Crippen molar-refractivity contribution in [3.05, 3.63) is 82.9 Å². The first-order valence-corrected chi connectivity index (χ1v) is 15.4. The minimum atomic E-state index is -0.558. The molecule has 5 rings (SSSR count). The number of aryl methyl sites for hydroxylation is 2. The van der Waals surface area contributed by atoms with Gasteiger partial charge in [0.1, 0.15) is 12.4 Å². The summed E-state index contributed by atoms with van der Waals surface area (Å²) in [6.45, 7) is 7.91. The lowest BCUT2D eigenvalue weighted by molar-refractivity contribution is -0.149. The maximum absolute atomic E-state index is 13.7. The zero-order valence-corrected chi connectivity index (χ0v) is 26.0. The molecule has 0 bridgehead atoms. The van der Waals surface area contributed by atoms with E-state index in [2.05, 4.69) is 36.2 Å². The number of fused-ring (bicyclic) bond motifs is 1. The van der Waals surface area contributed by atoms with Crippen LogP contribution < -0.4 is 19.5 Å². The Balaban J connectivity index is 1.49. The fourth-order valence-corrected chi connectivity index (χ4v) is 6.27. The Morgan fingerprint density at radius 3 is 2.30 bits per heavy atom. The number of benzene rings is 3. The Morgan fingerprint density at radius 1 is 0.909 bits per heavy atom. The number of anilines is 1. The number of amides is 1. The van der Waals surface area contributed by atoms with Crippen molar-refractivity contribution in [2.45, 2.75) is 45.6 Å². The SMILES string of the molecule is CCOC(=O)[C@@H]1[C@@H](c2ccc3c(c2)OCO3)CN(CC(=O)Nc2c(CC)cccc2CC)[C@H]1c1ccc(OCCOC)cc1. The zero-order valence-electron chi connectivity index (χ0n) is 26.0. The van der Waals surface area contributed by atoms with E-state index in [1.165, 1.54) is 0 Å². The summed E-state index contributed by atoms with van der Waals surface area (Å²) in [6, 6.07) is 19.2. The van der Waals surface area contributed by atoms with E-state index >= 15 is 0 Å². The van der Waals surface area contributed by atoms with Gasteiger partial charge in [0.05, 0.1) is 25.7 Å². The Hall–Kier alpha value is -4.08. The van der Waals surface area contributed by atoms with Crippen LogP contribution in [0, 0.1) is 5.92 Å². The highest BCUT2D eigenvalue weighted by molar-refractivity contribution is 5.94. The van der Waals surface area contributed by atoms with E-state index in [9.17, 15) is 9.59 Å². The maximum atomic E-state index is 13.7. The first-order valence-electron chi connectivity index (χ1n) is 15.4. The normalized spacial score (nSPS) is 19.1. The molecule has 3 aromatic carbocycles. The summed E-state index contributed by atoms with van der Waals surface area (Å²) in [6.07, 6.45) is 1.62. The second kappa shape index (κ2) is 14.6. The van der Waals surface area contributed by atoms with Crippen LogP contribution in [0.3, 0.4) is 0 Å². The molecule has 9 nitrogen and oxygen atoms in total. The van der Waals surface area contributed by atoms with Gasteiger partial charge in [0.15, 0.2) is 11.5 Å². The number of esters is 1. The Kier molecular flexibility index (Phi) is 10.4. The fraction of sp³-hybridized carbons (Fsp3) is 0.429. The average molecular weight is 603 g/mol. The van der Waals surface area contributed by atoms with Crippen LogP contribution in [0.5, 0.6) is 17.2 Å². The highest BCUT2D eigenvalue weighted by atomic mass is 16.7. The number of hydrogen-bond acceptors (Lipinski definition) is 8. The summed E-state index contributed by atoms with van der Waals surface area (Å²) in [4.78, 5) is 29.6. The molecule has 1 N–H and O–H groups in total. The summed E-state index contributed by atoms with van der Waals surface area (Å²) in [7, 11) is 1.63. The lowest BCUT2D eigenvalue weighted by atomic mass is 9.82. The van der Waals surface area contributed by atoms with Gasteiger partial charge in [-0.15, -0.1) is 0 Å². The largest absolute Gasteiger partial charge is 0.491 e. The molecule has 2 aliphatic heterocycles. The number of para-hydroxylation sites is 1. The molecule has 0 aliphatic carbocycles. The van der Waals surface area contributed by atoms with Crippen molar-refractivity contribution in [2.24, 2.45) is 5.92 Å². The van der Waals surface area contributed by atoms with E-state index in [0.29, 0.717) is 37.0 Å². The molecule has 3 atom stereocenters. The Morgan fingerprint density at radius 2 is 1.61 bits per heavy atom. The van der Waals surface area contributed by atoms with Crippen LogP contribution in [0.15, 0.2) is 60.7 Å². The van der Waals surface area contributed by atoms with Crippen molar-refractivity contribution >= 4 is 17.6 Å². The molecule has 1 amide bonds. The zero-order chi connectivity index (χ0) is 31.1. The van der Waals surface area contributed by atoms with Crippen molar-refractivity contribution in [1.82, 2.24) is 4.90 Å². The van der Waals surface area contributed by atoms with Crippen LogP contribution in [0.25, 0.3) is 0 Å². The van der Waals surface area contributed by atoms with Crippen molar-refractivity contribution in [3.63, 3.8) is 0 Å². The molecular weight excluding hydrogens is 560 g/mol. The summed E-state index contributed by atoms with van der Waals surface area (Å²) in [5, 5.41) is 3.21. The van der Waals surface area contributed by atoms with Crippen LogP contribution in [0.1, 0.15) is 55.0 Å². The average Bonchev–Trinajstić information content (AvgIpc) is 3.66. The molecule has 2 aliphatic rings. The number of carbonyl (C=O) groups is 2. The standard InChI is InChI=1S/C35H42N2O7/c1-5-23-9-8-10-24(6-2)33(23)36-31(38)21-37-20-28(26-13-16-29-30(19-26)44-22-43-29)32(35(39)41-7-3)34(37)25-11-14-27(15-12-25)42-18-17-40-4/h8-16,19,28,32,34H,5-7,17-18,20-22H2,1-4H3,(H,36,38)/t28-,32-,34+/m1/s1. The van der Waals surface area contributed by atoms with Gasteiger partial charge in [-0.05, 0) is 66.3 Å². The molecule has 9 heteroatoms. The molecule has 3 aromatic rings. The highest BCUT2D eigenvalue weighted by Crippen LogP contribution is 2.48. The van der Waals surface area contributed by atoms with E-state index in [-0.39, 0.29) is 37.7 Å². The minimum Gasteiger partial charge on any atom is -0.491 e. The van der Waals surface area contributed by atoms with E-state index in [1.54, 1.807) is 7.11 Å². The molecule has 0 radical (unpaired) electrons. The van der Waals surface area contributed by atoms with E-state index in [0.717, 1.165) is 40.8 Å². The predicted octanol–water partition coefficient (Wildman–Crippen LogP) is 5.52. The molecule has 0 spiro atoms. The van der Waals surface area contributed by atoms with E-state index in [1.807, 2.05) is 55.5 Å². The topological polar surface area (TPSA) is 95.6 Å². The number of likely N-dealkylation sites (tertiary alicyclic amines) is 1. The number of nitrogens with zero attached hydrogens (tertiary/aromatic N) is 1. The highest BCUT2D eigenvalue weighted by Gasteiger charge is 2.48. The van der Waals surface area contributed by atoms with Crippen LogP contribution in [-0.2, 0) is 31.9 Å². The van der Waals surface area contributed by atoms with Crippen LogP contribution >= 0.6 is 0 Å². The lowest BCUT2D eigenvalue weighted by Crippen LogP contribution is -2.35. The van der Waals surface area contributed by atoms with Crippen LogP contribution in [-0.4, -0.2) is 63.6 Å². The third-order valence-corrected chi connectivity index (χ3v) is 8.37. The van der Waals surface area contributed by atoms with E-state index in [4.69, 9.17) is 23.7 Å². The molecule has 44 heavy (non-hydrogen) atoms. The smallest absolute Gasteiger partial charge is 0.311 e. The van der Waals surface area contributed by atoms with Crippen LogP contribution in [0.2, 0.25) is 0 Å². The third kappa shape index (κ3) is 6.84. The van der Waals surface area contributed by atoms with Gasteiger partial charge in [0.25, 0.3) is 0 Å². The summed E-state index contributed by atoms with van der Waals surface area (Å²) >= 11 is 0. The number of ether oxygens (including phenoxy) is 5. The molecule has 1 saturated heterocycles. The second-order valence-electron chi connectivity index (χ2n) is 11.0. The van der Waals surface area contributed by atoms with Gasteiger partial charge < -0.3 is 29.0 Å². The lowest BCUT2D eigenvalue weighted by Gasteiger charge is -2.28. The van der Waals surface area contributed by atoms with Gasteiger partial charge >= 0.3 is 5.97 Å². The molecule has 234 valence electrons.